The maximum absolute atomic E-state index is 11.9. The number of para-hydroxylation sites is 1. The van der Waals surface area contributed by atoms with Crippen molar-refractivity contribution >= 4 is 15.7 Å². The Labute approximate surface area is 132 Å². The normalized spacial score (nSPS) is 27.8. The zero-order chi connectivity index (χ0) is 15.6. The van der Waals surface area contributed by atoms with Crippen LogP contribution in [0.5, 0.6) is 0 Å². The fourth-order valence-corrected chi connectivity index (χ4v) is 4.51. The van der Waals surface area contributed by atoms with Crippen LogP contribution in [0.15, 0.2) is 30.3 Å². The molecule has 2 aliphatic rings. The summed E-state index contributed by atoms with van der Waals surface area (Å²) < 4.78 is 31.3. The average Bonchev–Trinajstić information content (AvgIpc) is 2.70. The Bertz CT molecular complexity index is 605. The van der Waals surface area contributed by atoms with Crippen LogP contribution < -0.4 is 4.90 Å². The Morgan fingerprint density at radius 2 is 1.91 bits per heavy atom. The van der Waals surface area contributed by atoms with Gasteiger partial charge in [-0.15, -0.1) is 0 Å². The van der Waals surface area contributed by atoms with Crippen LogP contribution in [0, 0.1) is 5.41 Å². The van der Waals surface area contributed by atoms with Crippen LogP contribution in [0.25, 0.3) is 0 Å². The summed E-state index contributed by atoms with van der Waals surface area (Å²) in [5.41, 5.74) is 1.08. The molecule has 0 bridgehead atoms. The van der Waals surface area contributed by atoms with Gasteiger partial charge in [0.15, 0.2) is 0 Å². The largest absolute Gasteiger partial charge is 0.379 e. The van der Waals surface area contributed by atoms with Gasteiger partial charge < -0.3 is 9.64 Å². The Kier molecular flexibility index (Phi) is 4.43. The molecule has 0 N–H and O–H groups in total. The van der Waals surface area contributed by atoms with Gasteiger partial charge in [-0.2, -0.15) is 0 Å². The fourth-order valence-electron chi connectivity index (χ4n) is 3.54. The first kappa shape index (κ1) is 15.8. The number of hydrogen-bond donors (Lipinski definition) is 0. The smallest absolute Gasteiger partial charge is 0.211 e. The standard InChI is InChI=1S/C16H24N2O3S/c1-22(19,20)18-9-5-8-16(13-18)12-17(10-11-21-14-16)15-6-3-2-4-7-15/h2-4,6-7H,5,8-14H2,1H3/t16-/m0/s1. The lowest BCUT2D eigenvalue weighted by Gasteiger charge is -2.43. The van der Waals surface area contributed by atoms with Crippen LogP contribution in [-0.2, 0) is 14.8 Å². The molecule has 122 valence electrons. The summed E-state index contributed by atoms with van der Waals surface area (Å²) in [5, 5.41) is 0. The molecule has 1 aromatic carbocycles. The summed E-state index contributed by atoms with van der Waals surface area (Å²) in [6, 6.07) is 10.3. The van der Waals surface area contributed by atoms with E-state index in [0.29, 0.717) is 26.3 Å². The zero-order valence-electron chi connectivity index (χ0n) is 13.1. The molecule has 0 unspecified atom stereocenters. The Morgan fingerprint density at radius 1 is 1.14 bits per heavy atom. The molecule has 5 nitrogen and oxygen atoms in total. The minimum Gasteiger partial charge on any atom is -0.379 e. The lowest BCUT2D eigenvalue weighted by atomic mass is 9.81. The van der Waals surface area contributed by atoms with Crippen molar-refractivity contribution in [2.24, 2.45) is 5.41 Å². The lowest BCUT2D eigenvalue weighted by molar-refractivity contribution is 0.0352. The van der Waals surface area contributed by atoms with Crippen molar-refractivity contribution in [2.75, 3.05) is 50.5 Å². The van der Waals surface area contributed by atoms with Crippen molar-refractivity contribution in [3.05, 3.63) is 30.3 Å². The van der Waals surface area contributed by atoms with E-state index in [-0.39, 0.29) is 5.41 Å². The SMILES string of the molecule is CS(=O)(=O)N1CCC[C@@]2(COCCN(c3ccccc3)C2)C1. The van der Waals surface area contributed by atoms with Gasteiger partial charge in [-0.1, -0.05) is 18.2 Å². The summed E-state index contributed by atoms with van der Waals surface area (Å²) in [5.74, 6) is 0. The van der Waals surface area contributed by atoms with Crippen molar-refractivity contribution in [3.8, 4) is 0 Å². The lowest BCUT2D eigenvalue weighted by Crippen LogP contribution is -2.52. The van der Waals surface area contributed by atoms with Gasteiger partial charge in [0, 0.05) is 37.3 Å². The van der Waals surface area contributed by atoms with Crippen LogP contribution in [0.4, 0.5) is 5.69 Å². The third kappa shape index (κ3) is 3.45. The van der Waals surface area contributed by atoms with E-state index in [1.54, 1.807) is 4.31 Å². The molecule has 6 heteroatoms. The molecule has 2 fully saturated rings. The second-order valence-corrected chi connectivity index (χ2v) is 8.49. The van der Waals surface area contributed by atoms with Crippen molar-refractivity contribution in [2.45, 2.75) is 12.8 Å². The van der Waals surface area contributed by atoms with Gasteiger partial charge in [-0.25, -0.2) is 12.7 Å². The van der Waals surface area contributed by atoms with Gasteiger partial charge in [-0.3, -0.25) is 0 Å². The molecule has 0 saturated carbocycles. The average molecular weight is 324 g/mol. The zero-order valence-corrected chi connectivity index (χ0v) is 13.9. The molecule has 2 saturated heterocycles. The van der Waals surface area contributed by atoms with E-state index >= 15 is 0 Å². The molecule has 22 heavy (non-hydrogen) atoms. The van der Waals surface area contributed by atoms with Gasteiger partial charge in [0.1, 0.15) is 0 Å². The maximum atomic E-state index is 11.9. The number of nitrogens with zero attached hydrogens (tertiary/aromatic N) is 2. The van der Waals surface area contributed by atoms with Crippen LogP contribution in [0.2, 0.25) is 0 Å². The second kappa shape index (κ2) is 6.18. The molecule has 1 aromatic rings. The number of sulfonamides is 1. The minimum absolute atomic E-state index is 0.104. The first-order valence-corrected chi connectivity index (χ1v) is 9.66. The first-order valence-electron chi connectivity index (χ1n) is 7.81. The quantitative estimate of drug-likeness (QED) is 0.828. The highest BCUT2D eigenvalue weighted by Crippen LogP contribution is 2.35. The highest BCUT2D eigenvalue weighted by Gasteiger charge is 2.41. The predicted molar refractivity (Wildman–Crippen MR) is 87.6 cm³/mol. The van der Waals surface area contributed by atoms with Crippen LogP contribution in [-0.4, -0.2) is 58.4 Å². The van der Waals surface area contributed by atoms with Crippen LogP contribution in [0.3, 0.4) is 0 Å². The van der Waals surface area contributed by atoms with Crippen LogP contribution >= 0.6 is 0 Å². The summed E-state index contributed by atoms with van der Waals surface area (Å²) in [6.07, 6.45) is 3.22. The summed E-state index contributed by atoms with van der Waals surface area (Å²) in [6.45, 7) is 4.23. The molecule has 3 rings (SSSR count). The molecule has 0 aliphatic carbocycles. The van der Waals surface area contributed by atoms with Crippen molar-refractivity contribution in [3.63, 3.8) is 0 Å². The fraction of sp³-hybridized carbons (Fsp3) is 0.625. The topological polar surface area (TPSA) is 49.9 Å². The van der Waals surface area contributed by atoms with Gasteiger partial charge in [0.05, 0.1) is 19.5 Å². The number of rotatable bonds is 2. The highest BCUT2D eigenvalue weighted by atomic mass is 32.2. The van der Waals surface area contributed by atoms with Gasteiger partial charge >= 0.3 is 0 Å². The van der Waals surface area contributed by atoms with E-state index in [9.17, 15) is 8.42 Å². The molecule has 1 spiro atoms. The third-order valence-electron chi connectivity index (χ3n) is 4.66. The number of benzene rings is 1. The second-order valence-electron chi connectivity index (χ2n) is 6.51. The van der Waals surface area contributed by atoms with E-state index in [0.717, 1.165) is 25.9 Å². The molecule has 0 radical (unpaired) electrons. The first-order chi connectivity index (χ1) is 10.5. The number of ether oxygens (including phenoxy) is 1. The number of hydrogen-bond acceptors (Lipinski definition) is 4. The van der Waals surface area contributed by atoms with E-state index in [1.165, 1.54) is 11.9 Å². The van der Waals surface area contributed by atoms with E-state index in [1.807, 2.05) is 18.2 Å². The molecule has 2 heterocycles. The summed E-state index contributed by atoms with van der Waals surface area (Å²) in [7, 11) is -3.14. The maximum Gasteiger partial charge on any atom is 0.211 e. The predicted octanol–water partition coefficient (Wildman–Crippen LogP) is 1.56. The highest BCUT2D eigenvalue weighted by molar-refractivity contribution is 7.88. The molecule has 0 amide bonds. The Hall–Kier alpha value is -1.11. The molecular weight excluding hydrogens is 300 g/mol. The minimum atomic E-state index is -3.14. The molecule has 2 aliphatic heterocycles. The number of anilines is 1. The van der Waals surface area contributed by atoms with Gasteiger partial charge in [0.2, 0.25) is 10.0 Å². The molecular formula is C16H24N2O3S. The molecule has 0 aromatic heterocycles. The summed E-state index contributed by atoms with van der Waals surface area (Å²) in [4.78, 5) is 2.33. The Morgan fingerprint density at radius 3 is 2.64 bits per heavy atom. The van der Waals surface area contributed by atoms with E-state index in [4.69, 9.17) is 4.74 Å². The van der Waals surface area contributed by atoms with E-state index < -0.39 is 10.0 Å². The summed E-state index contributed by atoms with van der Waals surface area (Å²) >= 11 is 0. The molecule has 1 atom stereocenters. The number of piperidine rings is 1. The van der Waals surface area contributed by atoms with Crippen LogP contribution in [0.1, 0.15) is 12.8 Å². The van der Waals surface area contributed by atoms with E-state index in [2.05, 4.69) is 17.0 Å². The van der Waals surface area contributed by atoms with Crippen molar-refractivity contribution < 1.29 is 13.2 Å². The van der Waals surface area contributed by atoms with Gasteiger partial charge in [0.25, 0.3) is 0 Å². The Balaban J connectivity index is 1.82. The monoisotopic (exact) mass is 324 g/mol. The van der Waals surface area contributed by atoms with Crippen molar-refractivity contribution in [1.82, 2.24) is 4.31 Å². The van der Waals surface area contributed by atoms with Gasteiger partial charge in [-0.05, 0) is 25.0 Å². The third-order valence-corrected chi connectivity index (χ3v) is 5.91. The van der Waals surface area contributed by atoms with Crippen molar-refractivity contribution in [1.29, 1.82) is 0 Å².